The lowest BCUT2D eigenvalue weighted by Gasteiger charge is -2.06. The summed E-state index contributed by atoms with van der Waals surface area (Å²) >= 11 is 1.48. The largest absolute Gasteiger partial charge is 0.355 e. The van der Waals surface area contributed by atoms with Gasteiger partial charge in [0.2, 0.25) is 5.91 Å². The van der Waals surface area contributed by atoms with Crippen LogP contribution in [0.1, 0.15) is 18.4 Å². The highest BCUT2D eigenvalue weighted by Gasteiger charge is 2.00. The summed E-state index contributed by atoms with van der Waals surface area (Å²) < 4.78 is 3.07. The predicted octanol–water partition coefficient (Wildman–Crippen LogP) is 3.42. The lowest BCUT2D eigenvalue weighted by Crippen LogP contribution is -2.31. The summed E-state index contributed by atoms with van der Waals surface area (Å²) in [7, 11) is 0. The number of rotatable bonds is 9. The van der Waals surface area contributed by atoms with E-state index in [0.29, 0.717) is 6.54 Å². The first-order chi connectivity index (χ1) is 10.8. The molecule has 4 heteroatoms. The Morgan fingerprint density at radius 3 is 2.32 bits per heavy atom. The van der Waals surface area contributed by atoms with Gasteiger partial charge in [-0.25, -0.2) is 0 Å². The molecule has 0 aromatic heterocycles. The van der Waals surface area contributed by atoms with Gasteiger partial charge in [0, 0.05) is 11.4 Å². The molecule has 2 rings (SSSR count). The molecule has 2 N–H and O–H groups in total. The van der Waals surface area contributed by atoms with Crippen molar-refractivity contribution in [3.63, 3.8) is 0 Å². The van der Waals surface area contributed by atoms with E-state index in [-0.39, 0.29) is 5.91 Å². The quantitative estimate of drug-likeness (QED) is 0.550. The zero-order valence-electron chi connectivity index (χ0n) is 12.6. The number of nitrogens with one attached hydrogen (secondary N) is 2. The first-order valence-electron chi connectivity index (χ1n) is 7.60. The van der Waals surface area contributed by atoms with Crippen molar-refractivity contribution in [2.24, 2.45) is 0 Å². The van der Waals surface area contributed by atoms with Crippen molar-refractivity contribution in [2.45, 2.75) is 24.2 Å². The van der Waals surface area contributed by atoms with Gasteiger partial charge in [0.1, 0.15) is 0 Å². The van der Waals surface area contributed by atoms with Gasteiger partial charge in [-0.3, -0.25) is 9.52 Å². The van der Waals surface area contributed by atoms with E-state index in [1.165, 1.54) is 17.5 Å². The highest BCUT2D eigenvalue weighted by molar-refractivity contribution is 7.97. The molecular weight excluding hydrogens is 292 g/mol. The molecule has 0 radical (unpaired) electrons. The van der Waals surface area contributed by atoms with E-state index in [2.05, 4.69) is 34.3 Å². The van der Waals surface area contributed by atoms with Gasteiger partial charge in [0.05, 0.1) is 6.54 Å². The van der Waals surface area contributed by atoms with E-state index in [0.717, 1.165) is 30.7 Å². The van der Waals surface area contributed by atoms with Crippen molar-refractivity contribution in [1.29, 1.82) is 0 Å². The molecule has 0 aliphatic heterocycles. The van der Waals surface area contributed by atoms with E-state index in [4.69, 9.17) is 0 Å². The van der Waals surface area contributed by atoms with Crippen molar-refractivity contribution < 1.29 is 4.79 Å². The lowest BCUT2D eigenvalue weighted by molar-refractivity contribution is -0.119. The summed E-state index contributed by atoms with van der Waals surface area (Å²) in [4.78, 5) is 12.8. The molecule has 0 atom stereocenters. The summed E-state index contributed by atoms with van der Waals surface area (Å²) in [6, 6.07) is 20.4. The predicted molar refractivity (Wildman–Crippen MR) is 92.7 cm³/mol. The van der Waals surface area contributed by atoms with Crippen LogP contribution in [0.5, 0.6) is 0 Å². The Labute approximate surface area is 136 Å². The highest BCUT2D eigenvalue weighted by atomic mass is 32.2. The smallest absolute Gasteiger partial charge is 0.234 e. The van der Waals surface area contributed by atoms with Gasteiger partial charge >= 0.3 is 0 Å². The molecule has 22 heavy (non-hydrogen) atoms. The number of hydrogen-bond donors (Lipinski definition) is 2. The summed E-state index contributed by atoms with van der Waals surface area (Å²) in [5.74, 6) is 0.0446. The van der Waals surface area contributed by atoms with Crippen LogP contribution in [0.15, 0.2) is 65.6 Å². The minimum Gasteiger partial charge on any atom is -0.355 e. The monoisotopic (exact) mass is 314 g/mol. The zero-order chi connectivity index (χ0) is 15.5. The number of benzene rings is 2. The van der Waals surface area contributed by atoms with E-state index in [9.17, 15) is 4.79 Å². The first-order valence-corrected chi connectivity index (χ1v) is 8.41. The summed E-state index contributed by atoms with van der Waals surface area (Å²) in [5, 5.41) is 2.94. The molecule has 0 saturated carbocycles. The molecule has 0 unspecified atom stereocenters. The van der Waals surface area contributed by atoms with Gasteiger partial charge in [0.15, 0.2) is 0 Å². The van der Waals surface area contributed by atoms with Gasteiger partial charge in [0.25, 0.3) is 0 Å². The van der Waals surface area contributed by atoms with Gasteiger partial charge in [-0.1, -0.05) is 48.5 Å². The molecule has 3 nitrogen and oxygen atoms in total. The van der Waals surface area contributed by atoms with Crippen LogP contribution in [0.3, 0.4) is 0 Å². The second-order valence-corrected chi connectivity index (χ2v) is 5.99. The van der Waals surface area contributed by atoms with Crippen LogP contribution >= 0.6 is 11.9 Å². The minimum atomic E-state index is 0.0446. The number of aryl methyl sites for hydroxylation is 1. The Kier molecular flexibility index (Phi) is 7.56. The fourth-order valence-corrected chi connectivity index (χ4v) is 2.73. The summed E-state index contributed by atoms with van der Waals surface area (Å²) in [6.45, 7) is 1.07. The summed E-state index contributed by atoms with van der Waals surface area (Å²) in [6.07, 6.45) is 3.17. The molecule has 0 aliphatic carbocycles. The Morgan fingerprint density at radius 1 is 0.909 bits per heavy atom. The molecular formula is C18H22N2OS. The minimum absolute atomic E-state index is 0.0446. The van der Waals surface area contributed by atoms with E-state index >= 15 is 0 Å². The van der Waals surface area contributed by atoms with E-state index in [1.807, 2.05) is 36.4 Å². The number of carbonyl (C=O) groups excluding carboxylic acids is 1. The molecule has 0 fully saturated rings. The van der Waals surface area contributed by atoms with Crippen molar-refractivity contribution in [2.75, 3.05) is 13.1 Å². The van der Waals surface area contributed by atoms with Gasteiger partial charge < -0.3 is 5.32 Å². The normalized spacial score (nSPS) is 10.4. The average molecular weight is 314 g/mol. The molecule has 0 bridgehead atoms. The molecule has 0 spiro atoms. The third kappa shape index (κ3) is 6.78. The van der Waals surface area contributed by atoms with Crippen LogP contribution < -0.4 is 10.0 Å². The zero-order valence-corrected chi connectivity index (χ0v) is 13.4. The number of hydrogen-bond acceptors (Lipinski definition) is 3. The molecule has 1 amide bonds. The fraction of sp³-hybridized carbons (Fsp3) is 0.278. The second kappa shape index (κ2) is 10.0. The van der Waals surface area contributed by atoms with E-state index in [1.54, 1.807) is 0 Å². The van der Waals surface area contributed by atoms with E-state index < -0.39 is 0 Å². The maximum Gasteiger partial charge on any atom is 0.234 e. The van der Waals surface area contributed by atoms with Crippen LogP contribution in [0.4, 0.5) is 0 Å². The Morgan fingerprint density at radius 2 is 1.59 bits per heavy atom. The highest BCUT2D eigenvalue weighted by Crippen LogP contribution is 2.12. The maximum atomic E-state index is 11.7. The third-order valence-electron chi connectivity index (χ3n) is 3.22. The van der Waals surface area contributed by atoms with Crippen LogP contribution in [-0.4, -0.2) is 19.0 Å². The van der Waals surface area contributed by atoms with Gasteiger partial charge in [-0.15, -0.1) is 0 Å². The average Bonchev–Trinajstić information content (AvgIpc) is 2.56. The lowest BCUT2D eigenvalue weighted by atomic mass is 10.1. The first kappa shape index (κ1) is 16.6. The van der Waals surface area contributed by atoms with Gasteiger partial charge in [-0.05, 0) is 48.9 Å². The van der Waals surface area contributed by atoms with Crippen molar-refractivity contribution >= 4 is 17.9 Å². The van der Waals surface area contributed by atoms with Crippen molar-refractivity contribution in [3.05, 3.63) is 66.2 Å². The maximum absolute atomic E-state index is 11.7. The topological polar surface area (TPSA) is 41.1 Å². The fourth-order valence-electron chi connectivity index (χ4n) is 2.06. The number of unbranched alkanes of at least 4 members (excludes halogenated alkanes) is 1. The molecule has 2 aromatic carbocycles. The van der Waals surface area contributed by atoms with Crippen LogP contribution in [0.25, 0.3) is 0 Å². The number of amides is 1. The Hall–Kier alpha value is -1.78. The molecule has 0 saturated heterocycles. The third-order valence-corrected chi connectivity index (χ3v) is 4.02. The van der Waals surface area contributed by atoms with Crippen molar-refractivity contribution in [3.8, 4) is 0 Å². The Bertz CT molecular complexity index is 546. The SMILES string of the molecule is O=C(CNSc1ccccc1)NCCCCc1ccccc1. The van der Waals surface area contributed by atoms with Crippen LogP contribution in [0, 0.1) is 0 Å². The second-order valence-electron chi connectivity index (χ2n) is 5.03. The molecule has 0 heterocycles. The summed E-state index contributed by atoms with van der Waals surface area (Å²) in [5.41, 5.74) is 1.36. The Balaban J connectivity index is 1.49. The van der Waals surface area contributed by atoms with Crippen molar-refractivity contribution in [1.82, 2.24) is 10.0 Å². The molecule has 116 valence electrons. The van der Waals surface area contributed by atoms with Gasteiger partial charge in [-0.2, -0.15) is 0 Å². The van der Waals surface area contributed by atoms with Crippen LogP contribution in [-0.2, 0) is 11.2 Å². The van der Waals surface area contributed by atoms with Crippen LogP contribution in [0.2, 0.25) is 0 Å². The molecule has 0 aliphatic rings. The standard InChI is InChI=1S/C18H22N2OS/c21-18(15-20-22-17-12-5-2-6-13-17)19-14-8-7-11-16-9-3-1-4-10-16/h1-6,9-10,12-13,20H,7-8,11,14-15H2,(H,19,21). The number of carbonyl (C=O) groups is 1. The molecule has 2 aromatic rings.